The number of hydrogen-bond donors (Lipinski definition) is 2. The lowest BCUT2D eigenvalue weighted by Gasteiger charge is -2.22. The van der Waals surface area contributed by atoms with Crippen LogP contribution in [0.1, 0.15) is 64.2 Å². The highest BCUT2D eigenvalue weighted by Crippen LogP contribution is 2.42. The normalized spacial score (nSPS) is 17.0. The Morgan fingerprint density at radius 2 is 1.32 bits per heavy atom. The molecular weight excluding hydrogens is 755 g/mol. The van der Waals surface area contributed by atoms with Gasteiger partial charge in [-0.1, -0.05) is 182 Å². The first-order valence-corrected chi connectivity index (χ1v) is 21.7. The fourth-order valence-corrected chi connectivity index (χ4v) is 9.79. The number of benzene rings is 7. The average Bonchev–Trinajstić information content (AvgIpc) is 3.86. The molecule has 0 spiro atoms. The number of aliphatic imine (C=N–C) groups is 1. The topological polar surface area (TPSA) is 60.3 Å². The zero-order valence-electron chi connectivity index (χ0n) is 34.4. The number of aromatic nitrogens is 2. The van der Waals surface area contributed by atoms with Crippen LogP contribution in [0.5, 0.6) is 0 Å². The minimum atomic E-state index is -0.369. The summed E-state index contributed by atoms with van der Waals surface area (Å²) in [5.74, 6) is 0.184. The summed E-state index contributed by atoms with van der Waals surface area (Å²) >= 11 is 0. The Labute approximate surface area is 362 Å². The average molecular weight is 802 g/mol. The molecule has 9 aromatic rings. The number of nitrogens with two attached hydrogens (primary N) is 1. The van der Waals surface area contributed by atoms with E-state index in [0.29, 0.717) is 0 Å². The number of para-hydroxylation sites is 3. The third-order valence-corrected chi connectivity index (χ3v) is 12.8. The van der Waals surface area contributed by atoms with Crippen molar-refractivity contribution in [2.75, 3.05) is 0 Å². The quantitative estimate of drug-likeness (QED) is 0.107. The van der Waals surface area contributed by atoms with Crippen LogP contribution in [0, 0.1) is 0 Å². The summed E-state index contributed by atoms with van der Waals surface area (Å²) in [4.78, 5) is 5.16. The molecule has 7 aromatic carbocycles. The predicted octanol–water partition coefficient (Wildman–Crippen LogP) is 13.2. The largest absolute Gasteiger partial charge is 0.333 e. The van der Waals surface area contributed by atoms with Crippen LogP contribution < -0.4 is 11.1 Å². The van der Waals surface area contributed by atoms with E-state index in [1.807, 2.05) is 54.7 Å². The van der Waals surface area contributed by atoms with Gasteiger partial charge in [-0.05, 0) is 76.6 Å². The van der Waals surface area contributed by atoms with Crippen LogP contribution in [0.25, 0.3) is 55.6 Å². The van der Waals surface area contributed by atoms with E-state index in [1.54, 1.807) is 0 Å². The molecule has 0 amide bonds. The highest BCUT2D eigenvalue weighted by atomic mass is 15.1. The van der Waals surface area contributed by atoms with Gasteiger partial charge in [-0.15, -0.1) is 0 Å². The third kappa shape index (κ3) is 6.82. The molecule has 2 aromatic heterocycles. The zero-order chi connectivity index (χ0) is 41.4. The highest BCUT2D eigenvalue weighted by molar-refractivity contribution is 6.13. The van der Waals surface area contributed by atoms with Crippen molar-refractivity contribution in [3.63, 3.8) is 0 Å². The van der Waals surface area contributed by atoms with Crippen molar-refractivity contribution in [1.29, 1.82) is 0 Å². The summed E-state index contributed by atoms with van der Waals surface area (Å²) in [6.45, 7) is 0. The van der Waals surface area contributed by atoms with E-state index in [4.69, 9.17) is 10.7 Å². The number of allylic oxidation sites excluding steroid dienone is 5. The Bertz CT molecular complexity index is 3180. The maximum absolute atomic E-state index is 6.68. The molecule has 4 atom stereocenters. The van der Waals surface area contributed by atoms with Gasteiger partial charge in [0, 0.05) is 50.8 Å². The number of rotatable bonds is 10. The summed E-state index contributed by atoms with van der Waals surface area (Å²) in [6, 6.07) is 63.1. The van der Waals surface area contributed by atoms with Gasteiger partial charge in [0.25, 0.3) is 0 Å². The number of nitrogens with zero attached hydrogens (tertiary/aromatic N) is 3. The maximum Gasteiger partial charge on any atom is 0.127 e. The van der Waals surface area contributed by atoms with Gasteiger partial charge in [-0.3, -0.25) is 10.3 Å². The van der Waals surface area contributed by atoms with Gasteiger partial charge >= 0.3 is 0 Å². The Hall–Kier alpha value is -7.31. The molecular formula is C57H47N5. The van der Waals surface area contributed by atoms with Crippen molar-refractivity contribution in [2.24, 2.45) is 10.7 Å². The Morgan fingerprint density at radius 1 is 0.629 bits per heavy atom. The third-order valence-electron chi connectivity index (χ3n) is 12.8. The minimum Gasteiger partial charge on any atom is -0.333 e. The monoisotopic (exact) mass is 801 g/mol. The van der Waals surface area contributed by atoms with E-state index in [9.17, 15) is 0 Å². The fraction of sp³-hybridized carbons (Fsp3) is 0.105. The van der Waals surface area contributed by atoms with Crippen LogP contribution in [0.15, 0.2) is 211 Å². The minimum absolute atomic E-state index is 0.184. The molecule has 2 aliphatic rings. The lowest BCUT2D eigenvalue weighted by Crippen LogP contribution is -2.31. The van der Waals surface area contributed by atoms with Gasteiger partial charge in [0.15, 0.2) is 0 Å². The van der Waals surface area contributed by atoms with Gasteiger partial charge < -0.3 is 14.9 Å². The maximum atomic E-state index is 6.68. The van der Waals surface area contributed by atoms with E-state index < -0.39 is 0 Å². The predicted molar refractivity (Wildman–Crippen MR) is 259 cm³/mol. The van der Waals surface area contributed by atoms with Crippen molar-refractivity contribution >= 4 is 45.0 Å². The molecule has 3 N–H and O–H groups in total. The van der Waals surface area contributed by atoms with E-state index in [0.717, 1.165) is 35.2 Å². The van der Waals surface area contributed by atoms with E-state index in [1.165, 1.54) is 60.7 Å². The first-order valence-electron chi connectivity index (χ1n) is 21.7. The van der Waals surface area contributed by atoms with Crippen LogP contribution in [-0.4, -0.2) is 15.3 Å². The molecule has 62 heavy (non-hydrogen) atoms. The van der Waals surface area contributed by atoms with E-state index in [-0.39, 0.29) is 24.3 Å². The summed E-state index contributed by atoms with van der Waals surface area (Å²) in [7, 11) is 0. The fourth-order valence-electron chi connectivity index (χ4n) is 9.79. The smallest absolute Gasteiger partial charge is 0.127 e. The van der Waals surface area contributed by atoms with Crippen LogP contribution in [0.3, 0.4) is 0 Å². The molecule has 0 saturated carbocycles. The van der Waals surface area contributed by atoms with Crippen LogP contribution in [0.2, 0.25) is 0 Å². The van der Waals surface area contributed by atoms with Gasteiger partial charge in [-0.2, -0.15) is 0 Å². The Kier molecular flexibility index (Phi) is 9.89. The molecule has 0 saturated heterocycles. The Balaban J connectivity index is 0.926. The zero-order valence-corrected chi connectivity index (χ0v) is 34.4. The number of fused-ring (bicyclic) bond motifs is 6. The van der Waals surface area contributed by atoms with E-state index >= 15 is 0 Å². The summed E-state index contributed by atoms with van der Waals surface area (Å²) < 4.78 is 4.99. The van der Waals surface area contributed by atoms with Crippen LogP contribution in [0.4, 0.5) is 0 Å². The number of hydrogen-bond acceptors (Lipinski definition) is 3. The van der Waals surface area contributed by atoms with E-state index in [2.05, 4.69) is 178 Å². The summed E-state index contributed by atoms with van der Waals surface area (Å²) in [6.07, 6.45) is 16.9. The SMILES string of the molecule is NC(NC(N=Cc1ccccc1C1C=Cc2c(c3ccccc3n2-c2ccc(-c3cccc4c5ccccc5n(C5C=CC=CC5)c34)cc2)C1)c1ccccc1)c1ccccc1. The molecule has 0 radical (unpaired) electrons. The van der Waals surface area contributed by atoms with Crippen molar-refractivity contribution < 1.29 is 0 Å². The van der Waals surface area contributed by atoms with Gasteiger partial charge in [-0.25, -0.2) is 0 Å². The van der Waals surface area contributed by atoms with Crippen molar-refractivity contribution in [2.45, 2.75) is 37.1 Å². The van der Waals surface area contributed by atoms with Crippen LogP contribution >= 0.6 is 0 Å². The molecule has 11 rings (SSSR count). The molecule has 300 valence electrons. The molecule has 0 bridgehead atoms. The second kappa shape index (κ2) is 16.3. The Morgan fingerprint density at radius 3 is 2.11 bits per heavy atom. The first-order chi connectivity index (χ1) is 30.7. The first kappa shape index (κ1) is 37.7. The lowest BCUT2D eigenvalue weighted by atomic mass is 9.84. The summed E-state index contributed by atoms with van der Waals surface area (Å²) in [5.41, 5.74) is 21.1. The van der Waals surface area contributed by atoms with Gasteiger partial charge in [0.1, 0.15) is 6.17 Å². The second-order valence-corrected chi connectivity index (χ2v) is 16.4. The molecule has 5 nitrogen and oxygen atoms in total. The molecule has 2 heterocycles. The molecule has 5 heteroatoms. The van der Waals surface area contributed by atoms with Crippen molar-refractivity contribution in [1.82, 2.24) is 14.5 Å². The molecule has 2 aliphatic carbocycles. The molecule has 0 aliphatic heterocycles. The standard InChI is InChI=1S/C57H47N5/c58-56(40-17-4-1-5-18-40)60-57(41-19-6-2-7-20-41)59-38-43-21-10-11-24-46(43)42-33-36-54-51(37-42)49-26-13-14-29-52(49)61(54)45-34-31-39(32-35-45)47-27-16-28-50-48-25-12-15-30-53(48)62(55(47)50)44-22-8-3-9-23-44/h1-22,24-36,38,42,44,56-57,60H,23,37,58H2. The summed E-state index contributed by atoms with van der Waals surface area (Å²) in [5, 5.41) is 7.45. The van der Waals surface area contributed by atoms with Crippen molar-refractivity contribution in [3.05, 3.63) is 240 Å². The highest BCUT2D eigenvalue weighted by Gasteiger charge is 2.25. The molecule has 0 fully saturated rings. The van der Waals surface area contributed by atoms with Crippen molar-refractivity contribution in [3.8, 4) is 16.8 Å². The molecule has 4 unspecified atom stereocenters. The lowest BCUT2D eigenvalue weighted by molar-refractivity contribution is 0.467. The second-order valence-electron chi connectivity index (χ2n) is 16.4. The van der Waals surface area contributed by atoms with Crippen LogP contribution in [-0.2, 0) is 6.42 Å². The number of nitrogens with one attached hydrogen (secondary N) is 1. The van der Waals surface area contributed by atoms with Gasteiger partial charge in [0.2, 0.25) is 0 Å². The van der Waals surface area contributed by atoms with Gasteiger partial charge in [0.05, 0.1) is 23.2 Å².